The number of nitrogens with two attached hydrogens (primary N) is 2. The van der Waals surface area contributed by atoms with E-state index in [0.29, 0.717) is 0 Å². The van der Waals surface area contributed by atoms with Crippen molar-refractivity contribution in [3.05, 3.63) is 0 Å². The molecule has 1 aliphatic rings. The predicted molar refractivity (Wildman–Crippen MR) is 45.8 cm³/mol. The van der Waals surface area contributed by atoms with E-state index in [1.807, 2.05) is 10.9 Å². The molecule has 0 aromatic carbocycles. The predicted octanol–water partition coefficient (Wildman–Crippen LogP) is -4.21. The quantitative estimate of drug-likeness (QED) is 0.150. The van der Waals surface area contributed by atoms with E-state index >= 15 is 0 Å². The number of rotatable bonds is 2. The topological polar surface area (TPSA) is 159 Å². The molecule has 0 aliphatic carbocycles. The molecular weight excluding hydrogens is 192 g/mol. The Hall–Kier alpha value is -2.20. The van der Waals surface area contributed by atoms with Gasteiger partial charge in [-0.15, -0.1) is 10.2 Å². The molecule has 2 amide bonds. The third-order valence-electron chi connectivity index (χ3n) is 1.24. The zero-order chi connectivity index (χ0) is 10.6. The second-order valence-corrected chi connectivity index (χ2v) is 2.09. The van der Waals surface area contributed by atoms with Gasteiger partial charge >= 0.3 is 11.8 Å². The Labute approximate surface area is 77.7 Å². The van der Waals surface area contributed by atoms with Crippen molar-refractivity contribution < 1.29 is 9.59 Å². The first-order valence-electron chi connectivity index (χ1n) is 3.38. The van der Waals surface area contributed by atoms with Gasteiger partial charge in [0.1, 0.15) is 0 Å². The van der Waals surface area contributed by atoms with Crippen LogP contribution in [0.4, 0.5) is 0 Å². The molecule has 1 rings (SSSR count). The molecule has 10 heteroatoms. The Morgan fingerprint density at radius 1 is 1.00 bits per heavy atom. The molecule has 8 N–H and O–H groups in total. The molecule has 14 heavy (non-hydrogen) atoms. The summed E-state index contributed by atoms with van der Waals surface area (Å²) in [6.07, 6.45) is 0. The van der Waals surface area contributed by atoms with Gasteiger partial charge in [0.05, 0.1) is 0 Å². The van der Waals surface area contributed by atoms with Crippen molar-refractivity contribution >= 4 is 23.5 Å². The number of carbonyl (C=O) groups excluding carboxylic acids is 2. The van der Waals surface area contributed by atoms with Crippen molar-refractivity contribution in [1.29, 1.82) is 0 Å². The molecule has 0 fully saturated rings. The van der Waals surface area contributed by atoms with Gasteiger partial charge in [-0.1, -0.05) is 0 Å². The van der Waals surface area contributed by atoms with Crippen molar-refractivity contribution in [2.45, 2.75) is 0 Å². The van der Waals surface area contributed by atoms with Gasteiger partial charge in [0.25, 0.3) is 0 Å². The largest absolute Gasteiger partial charge is 0.304 e. The maximum absolute atomic E-state index is 10.8. The molecule has 0 saturated carbocycles. The molecule has 0 spiro atoms. The van der Waals surface area contributed by atoms with E-state index in [-0.39, 0.29) is 11.7 Å². The van der Waals surface area contributed by atoms with Gasteiger partial charge < -0.3 is 0 Å². The maximum Gasteiger partial charge on any atom is 0.304 e. The van der Waals surface area contributed by atoms with Crippen LogP contribution in [0, 0.1) is 0 Å². The summed E-state index contributed by atoms with van der Waals surface area (Å²) in [5.74, 6) is 7.98. The second-order valence-electron chi connectivity index (χ2n) is 2.09. The van der Waals surface area contributed by atoms with Crippen LogP contribution in [0.15, 0.2) is 10.2 Å². The van der Waals surface area contributed by atoms with Gasteiger partial charge in [-0.05, 0) is 0 Å². The monoisotopic (exact) mass is 200 g/mol. The third kappa shape index (κ3) is 1.94. The number of carbonyl (C=O) groups is 2. The fourth-order valence-electron chi connectivity index (χ4n) is 0.608. The van der Waals surface area contributed by atoms with Crippen LogP contribution in [-0.2, 0) is 9.59 Å². The maximum atomic E-state index is 10.8. The van der Waals surface area contributed by atoms with Crippen LogP contribution in [-0.4, -0.2) is 23.5 Å². The minimum absolute atomic E-state index is 0.166. The van der Waals surface area contributed by atoms with E-state index in [0.717, 1.165) is 0 Å². The van der Waals surface area contributed by atoms with Gasteiger partial charge in [0.15, 0.2) is 0 Å². The third-order valence-corrected chi connectivity index (χ3v) is 1.24. The summed E-state index contributed by atoms with van der Waals surface area (Å²) in [6.45, 7) is 0. The molecule has 10 nitrogen and oxygen atoms in total. The van der Waals surface area contributed by atoms with E-state index in [9.17, 15) is 9.59 Å². The van der Waals surface area contributed by atoms with Crippen LogP contribution >= 0.6 is 0 Å². The van der Waals surface area contributed by atoms with E-state index in [1.54, 1.807) is 0 Å². The van der Waals surface area contributed by atoms with Crippen LogP contribution in [0.25, 0.3) is 0 Å². The summed E-state index contributed by atoms with van der Waals surface area (Å²) in [6, 6.07) is 0. The molecule has 0 bridgehead atoms. The van der Waals surface area contributed by atoms with Crippen molar-refractivity contribution in [3.8, 4) is 0 Å². The SMILES string of the molecule is NNC(=O)C1=NNC(C(=O)NN)=NN1. The highest BCUT2D eigenvalue weighted by molar-refractivity contribution is 6.42. The van der Waals surface area contributed by atoms with E-state index in [2.05, 4.69) is 21.1 Å². The highest BCUT2D eigenvalue weighted by Gasteiger charge is 2.17. The Balaban J connectivity index is 2.61. The smallest absolute Gasteiger partial charge is 0.287 e. The Morgan fingerprint density at radius 3 is 1.57 bits per heavy atom. The Morgan fingerprint density at radius 2 is 1.36 bits per heavy atom. The summed E-state index contributed by atoms with van der Waals surface area (Å²) in [5.41, 5.74) is 8.06. The van der Waals surface area contributed by atoms with Crippen LogP contribution in [0.3, 0.4) is 0 Å². The molecule has 1 heterocycles. The molecule has 0 aromatic heterocycles. The van der Waals surface area contributed by atoms with Gasteiger partial charge in [-0.2, -0.15) is 0 Å². The molecule has 76 valence electrons. The molecule has 0 saturated heterocycles. The van der Waals surface area contributed by atoms with Gasteiger partial charge in [-0.25, -0.2) is 11.7 Å². The minimum Gasteiger partial charge on any atom is -0.287 e. The minimum atomic E-state index is -0.673. The number of amides is 2. The lowest BCUT2D eigenvalue weighted by Crippen LogP contribution is -2.50. The number of hydrogen-bond acceptors (Lipinski definition) is 8. The Bertz CT molecular complexity index is 287. The van der Waals surface area contributed by atoms with Crippen molar-refractivity contribution in [3.63, 3.8) is 0 Å². The van der Waals surface area contributed by atoms with Gasteiger partial charge in [0.2, 0.25) is 11.7 Å². The van der Waals surface area contributed by atoms with Crippen molar-refractivity contribution in [2.75, 3.05) is 0 Å². The number of nitrogens with one attached hydrogen (secondary N) is 4. The lowest BCUT2D eigenvalue weighted by molar-refractivity contribution is -0.116. The number of amidine groups is 2. The number of hydrazone groups is 2. The normalized spacial score (nSPS) is 14.1. The molecule has 0 radical (unpaired) electrons. The standard InChI is InChI=1S/C4H8N8O2/c5-7-3(13)1-9-11-2(12-10-1)4(14)8-6/h5-6H2,(H,7,13)(H,8,14)(H,9,10)(H,11,12). The highest BCUT2D eigenvalue weighted by atomic mass is 16.2. The summed E-state index contributed by atoms with van der Waals surface area (Å²) in [5, 5.41) is 6.93. The summed E-state index contributed by atoms with van der Waals surface area (Å²) < 4.78 is 0. The molecule has 0 atom stereocenters. The zero-order valence-electron chi connectivity index (χ0n) is 6.87. The number of hydrogen-bond donors (Lipinski definition) is 6. The molecular formula is C4H8N8O2. The van der Waals surface area contributed by atoms with Crippen LogP contribution in [0.5, 0.6) is 0 Å². The number of nitrogens with zero attached hydrogens (tertiary/aromatic N) is 2. The average Bonchev–Trinajstić information content (AvgIpc) is 2.27. The Kier molecular flexibility index (Phi) is 2.93. The molecule has 1 aliphatic heterocycles. The summed E-state index contributed by atoms with van der Waals surface area (Å²) in [4.78, 5) is 21.7. The van der Waals surface area contributed by atoms with Crippen LogP contribution in [0.1, 0.15) is 0 Å². The molecule has 0 unspecified atom stereocenters. The first kappa shape index (κ1) is 9.88. The lowest BCUT2D eigenvalue weighted by Gasteiger charge is -2.11. The second kappa shape index (κ2) is 4.15. The van der Waals surface area contributed by atoms with E-state index in [1.165, 1.54) is 0 Å². The van der Waals surface area contributed by atoms with E-state index < -0.39 is 11.8 Å². The van der Waals surface area contributed by atoms with E-state index in [4.69, 9.17) is 11.7 Å². The van der Waals surface area contributed by atoms with Crippen LogP contribution < -0.4 is 33.4 Å². The lowest BCUT2D eigenvalue weighted by atomic mass is 10.5. The first-order chi connectivity index (χ1) is 6.69. The summed E-state index contributed by atoms with van der Waals surface area (Å²) >= 11 is 0. The zero-order valence-corrected chi connectivity index (χ0v) is 6.87. The van der Waals surface area contributed by atoms with Crippen LogP contribution in [0.2, 0.25) is 0 Å². The van der Waals surface area contributed by atoms with Gasteiger partial charge in [-0.3, -0.25) is 31.3 Å². The first-order valence-corrected chi connectivity index (χ1v) is 3.38. The molecule has 0 aromatic rings. The van der Waals surface area contributed by atoms with Crippen molar-refractivity contribution in [1.82, 2.24) is 21.7 Å². The summed E-state index contributed by atoms with van der Waals surface area (Å²) in [7, 11) is 0. The fourth-order valence-corrected chi connectivity index (χ4v) is 0.608. The average molecular weight is 200 g/mol. The fraction of sp³-hybridized carbons (Fsp3) is 0. The number of hydrazine groups is 2. The van der Waals surface area contributed by atoms with Gasteiger partial charge in [0, 0.05) is 0 Å². The highest BCUT2D eigenvalue weighted by Crippen LogP contribution is 1.83. The van der Waals surface area contributed by atoms with Crippen molar-refractivity contribution in [2.24, 2.45) is 21.9 Å².